The highest BCUT2D eigenvalue weighted by Crippen LogP contribution is 2.23. The number of imidazole rings is 1. The van der Waals surface area contributed by atoms with E-state index in [9.17, 15) is 9.59 Å². The number of hydrogen-bond donors (Lipinski definition) is 6. The van der Waals surface area contributed by atoms with Crippen molar-refractivity contribution >= 4 is 33.5 Å². The first kappa shape index (κ1) is 27.1. The van der Waals surface area contributed by atoms with Crippen LogP contribution in [0.4, 0.5) is 0 Å². The van der Waals surface area contributed by atoms with Crippen molar-refractivity contribution in [2.45, 2.75) is 38.4 Å². The first-order chi connectivity index (χ1) is 19.6. The standard InChI is InChI=1S/C31H35N7O2/c32-14-5-10-28(31(40)36-15-13-22-19-37-27-9-4-3-7-24(22)27)38-30(39)26-12-11-21(23-6-1-2-8-25(23)26)18-33-20-29-34-16-17-35-29/h1-4,6-9,11-12,16-17,19,28,33,37H,5,10,13-15,18,20,32H2,(H,34,35)(H,36,40)(H,38,39)/t28-/m0/s1. The van der Waals surface area contributed by atoms with Crippen molar-refractivity contribution in [1.82, 2.24) is 30.9 Å². The number of nitrogens with two attached hydrogens (primary N) is 1. The maximum Gasteiger partial charge on any atom is 0.252 e. The van der Waals surface area contributed by atoms with Gasteiger partial charge in [-0.05, 0) is 59.8 Å². The van der Waals surface area contributed by atoms with Crippen LogP contribution >= 0.6 is 0 Å². The van der Waals surface area contributed by atoms with Gasteiger partial charge in [-0.15, -0.1) is 0 Å². The van der Waals surface area contributed by atoms with Gasteiger partial charge in [-0.3, -0.25) is 9.59 Å². The number of para-hydroxylation sites is 1. The molecular formula is C31H35N7O2. The molecule has 7 N–H and O–H groups in total. The highest BCUT2D eigenvalue weighted by molar-refractivity contribution is 6.09. The quantitative estimate of drug-likeness (QED) is 0.136. The molecule has 0 fully saturated rings. The van der Waals surface area contributed by atoms with Crippen molar-refractivity contribution < 1.29 is 9.59 Å². The molecule has 2 heterocycles. The Morgan fingerprint density at radius 3 is 2.50 bits per heavy atom. The molecule has 0 unspecified atom stereocenters. The van der Waals surface area contributed by atoms with Crippen LogP contribution in [0.3, 0.4) is 0 Å². The summed E-state index contributed by atoms with van der Waals surface area (Å²) in [5, 5.41) is 12.4. The van der Waals surface area contributed by atoms with E-state index in [4.69, 9.17) is 5.73 Å². The third kappa shape index (κ3) is 6.39. The van der Waals surface area contributed by atoms with Crippen LogP contribution < -0.4 is 21.7 Å². The van der Waals surface area contributed by atoms with E-state index < -0.39 is 6.04 Å². The fourth-order valence-corrected chi connectivity index (χ4v) is 5.03. The van der Waals surface area contributed by atoms with Crippen LogP contribution in [0.5, 0.6) is 0 Å². The van der Waals surface area contributed by atoms with E-state index >= 15 is 0 Å². The summed E-state index contributed by atoms with van der Waals surface area (Å²) in [5.74, 6) is 0.383. The molecule has 3 aromatic carbocycles. The minimum absolute atomic E-state index is 0.204. The Bertz CT molecular complexity index is 1580. The summed E-state index contributed by atoms with van der Waals surface area (Å²) in [6.45, 7) is 2.15. The van der Waals surface area contributed by atoms with Gasteiger partial charge in [-0.1, -0.05) is 48.5 Å². The van der Waals surface area contributed by atoms with Crippen molar-refractivity contribution in [3.8, 4) is 0 Å². The van der Waals surface area contributed by atoms with E-state index in [0.29, 0.717) is 51.0 Å². The number of aromatic nitrogens is 3. The normalized spacial score (nSPS) is 12.0. The van der Waals surface area contributed by atoms with E-state index in [-0.39, 0.29) is 11.8 Å². The maximum atomic E-state index is 13.5. The zero-order valence-electron chi connectivity index (χ0n) is 22.4. The molecule has 2 aromatic heterocycles. The van der Waals surface area contributed by atoms with Gasteiger partial charge >= 0.3 is 0 Å². The SMILES string of the molecule is NCCC[C@H](NC(=O)c1ccc(CNCc2ncc[nH]2)c2ccccc12)C(=O)NCCc1c[nH]c2ccccc12. The summed E-state index contributed by atoms with van der Waals surface area (Å²) in [6, 6.07) is 19.0. The first-order valence-electron chi connectivity index (χ1n) is 13.7. The number of aromatic amines is 2. The number of H-pyrrole nitrogens is 2. The predicted octanol–water partition coefficient (Wildman–Crippen LogP) is 3.53. The van der Waals surface area contributed by atoms with E-state index in [1.165, 1.54) is 0 Å². The van der Waals surface area contributed by atoms with E-state index in [2.05, 4.69) is 37.0 Å². The minimum atomic E-state index is -0.674. The number of carbonyl (C=O) groups is 2. The summed E-state index contributed by atoms with van der Waals surface area (Å²) < 4.78 is 0. The largest absolute Gasteiger partial charge is 0.361 e. The van der Waals surface area contributed by atoms with Crippen molar-refractivity contribution in [2.24, 2.45) is 5.73 Å². The van der Waals surface area contributed by atoms with Gasteiger partial charge in [0.25, 0.3) is 5.91 Å². The zero-order chi connectivity index (χ0) is 27.7. The number of nitrogens with one attached hydrogen (secondary N) is 5. The topological polar surface area (TPSA) is 141 Å². The number of hydrogen-bond acceptors (Lipinski definition) is 5. The maximum absolute atomic E-state index is 13.5. The second kappa shape index (κ2) is 13.1. The molecule has 0 saturated carbocycles. The number of rotatable bonds is 13. The number of fused-ring (bicyclic) bond motifs is 2. The Morgan fingerprint density at radius 1 is 0.900 bits per heavy atom. The van der Waals surface area contributed by atoms with E-state index in [1.54, 1.807) is 12.4 Å². The molecule has 0 aliphatic carbocycles. The van der Waals surface area contributed by atoms with Crippen LogP contribution in [0.25, 0.3) is 21.7 Å². The Balaban J connectivity index is 1.24. The van der Waals surface area contributed by atoms with Gasteiger partial charge in [-0.2, -0.15) is 0 Å². The molecule has 40 heavy (non-hydrogen) atoms. The lowest BCUT2D eigenvalue weighted by molar-refractivity contribution is -0.123. The molecule has 0 spiro atoms. The Hall–Kier alpha value is -4.47. The molecular weight excluding hydrogens is 502 g/mol. The monoisotopic (exact) mass is 537 g/mol. The van der Waals surface area contributed by atoms with Gasteiger partial charge in [-0.25, -0.2) is 4.98 Å². The third-order valence-corrected chi connectivity index (χ3v) is 7.11. The lowest BCUT2D eigenvalue weighted by atomic mass is 9.98. The van der Waals surface area contributed by atoms with Crippen LogP contribution in [0.2, 0.25) is 0 Å². The average molecular weight is 538 g/mol. The fourth-order valence-electron chi connectivity index (χ4n) is 5.03. The highest BCUT2D eigenvalue weighted by Gasteiger charge is 2.22. The predicted molar refractivity (Wildman–Crippen MR) is 158 cm³/mol. The summed E-state index contributed by atoms with van der Waals surface area (Å²) in [7, 11) is 0. The molecule has 5 aromatic rings. The van der Waals surface area contributed by atoms with Crippen molar-refractivity contribution in [1.29, 1.82) is 0 Å². The summed E-state index contributed by atoms with van der Waals surface area (Å²) in [4.78, 5) is 37.2. The highest BCUT2D eigenvalue weighted by atomic mass is 16.2. The van der Waals surface area contributed by atoms with Crippen LogP contribution in [-0.2, 0) is 24.3 Å². The average Bonchev–Trinajstić information content (AvgIpc) is 3.65. The molecule has 9 nitrogen and oxygen atoms in total. The molecule has 0 aliphatic rings. The van der Waals surface area contributed by atoms with Gasteiger partial charge in [0.15, 0.2) is 0 Å². The minimum Gasteiger partial charge on any atom is -0.361 e. The van der Waals surface area contributed by atoms with Crippen LogP contribution in [-0.4, -0.2) is 45.9 Å². The van der Waals surface area contributed by atoms with E-state index in [0.717, 1.165) is 38.6 Å². The second-order valence-corrected chi connectivity index (χ2v) is 9.81. The fraction of sp³-hybridized carbons (Fsp3) is 0.258. The van der Waals surface area contributed by atoms with Gasteiger partial charge in [0.2, 0.25) is 5.91 Å². The molecule has 5 rings (SSSR count). The van der Waals surface area contributed by atoms with Crippen LogP contribution in [0.15, 0.2) is 79.3 Å². The Kier molecular flexibility index (Phi) is 8.85. The molecule has 0 saturated heterocycles. The number of benzene rings is 3. The second-order valence-electron chi connectivity index (χ2n) is 9.81. The third-order valence-electron chi connectivity index (χ3n) is 7.11. The summed E-state index contributed by atoms with van der Waals surface area (Å²) in [5.41, 5.74) is 9.57. The van der Waals surface area contributed by atoms with Crippen molar-refractivity contribution in [2.75, 3.05) is 13.1 Å². The zero-order valence-corrected chi connectivity index (χ0v) is 22.4. The smallest absolute Gasteiger partial charge is 0.252 e. The first-order valence-corrected chi connectivity index (χ1v) is 13.7. The molecule has 2 amide bonds. The lowest BCUT2D eigenvalue weighted by Crippen LogP contribution is -2.47. The lowest BCUT2D eigenvalue weighted by Gasteiger charge is -2.19. The number of amides is 2. The summed E-state index contributed by atoms with van der Waals surface area (Å²) in [6.07, 6.45) is 7.28. The molecule has 0 radical (unpaired) electrons. The van der Waals surface area contributed by atoms with Crippen molar-refractivity contribution in [3.05, 3.63) is 102 Å². The van der Waals surface area contributed by atoms with Gasteiger partial charge in [0, 0.05) is 48.1 Å². The Labute approximate surface area is 233 Å². The number of nitrogens with zero attached hydrogens (tertiary/aromatic N) is 1. The van der Waals surface area contributed by atoms with Gasteiger partial charge in [0.05, 0.1) is 6.54 Å². The molecule has 1 atom stereocenters. The molecule has 9 heteroatoms. The van der Waals surface area contributed by atoms with E-state index in [1.807, 2.05) is 60.8 Å². The van der Waals surface area contributed by atoms with Gasteiger partial charge in [0.1, 0.15) is 11.9 Å². The molecule has 0 aliphatic heterocycles. The van der Waals surface area contributed by atoms with Gasteiger partial charge < -0.3 is 31.7 Å². The number of carbonyl (C=O) groups excluding carboxylic acids is 2. The van der Waals surface area contributed by atoms with Crippen LogP contribution in [0.1, 0.15) is 40.2 Å². The summed E-state index contributed by atoms with van der Waals surface area (Å²) >= 11 is 0. The van der Waals surface area contributed by atoms with Crippen LogP contribution in [0, 0.1) is 0 Å². The van der Waals surface area contributed by atoms with Crippen molar-refractivity contribution in [3.63, 3.8) is 0 Å². The Morgan fingerprint density at radius 2 is 1.70 bits per heavy atom. The molecule has 0 bridgehead atoms. The molecule has 206 valence electrons.